The van der Waals surface area contributed by atoms with Gasteiger partial charge in [-0.25, -0.2) is 4.98 Å². The topological polar surface area (TPSA) is 87.9 Å². The van der Waals surface area contributed by atoms with E-state index in [1.165, 1.54) is 5.57 Å². The number of pyridine rings is 1. The summed E-state index contributed by atoms with van der Waals surface area (Å²) in [5.74, 6) is 0.309. The second kappa shape index (κ2) is 13.2. The van der Waals surface area contributed by atoms with E-state index in [-0.39, 0.29) is 18.4 Å². The molecule has 0 saturated heterocycles. The lowest BCUT2D eigenvalue weighted by Crippen LogP contribution is -2.24. The van der Waals surface area contributed by atoms with Crippen LogP contribution in [0.2, 0.25) is 0 Å². The Bertz CT molecular complexity index is 1510. The van der Waals surface area contributed by atoms with Crippen molar-refractivity contribution in [3.05, 3.63) is 87.7 Å². The molecule has 1 aliphatic heterocycles. The van der Waals surface area contributed by atoms with Crippen LogP contribution in [-0.2, 0) is 17.9 Å². The third kappa shape index (κ3) is 6.57. The fourth-order valence-electron chi connectivity index (χ4n) is 4.58. The molecule has 0 radical (unpaired) electrons. The van der Waals surface area contributed by atoms with Crippen LogP contribution < -0.4 is 5.32 Å². The lowest BCUT2D eigenvalue weighted by molar-refractivity contribution is 0.0945. The molecule has 7 heteroatoms. The van der Waals surface area contributed by atoms with E-state index < -0.39 is 0 Å². The molecule has 1 aliphatic rings. The number of hydrogen-bond donors (Lipinski definition) is 1. The molecule has 0 saturated carbocycles. The molecule has 1 amide bonds. The standard InChI is InChI=1S/C33H38N4O2S/c1-7-20(3)9-12-28(23(6)22(5)21(4)8-2)33-37-30-14-27(35-17-31(30)40-33)16-36-32(38)24-10-11-25-18-39-19-26(15-34)29(25)13-24/h9-14,17,20-21,26H,5,7-8,16,18-19H2,1-4,6H3,(H,36,38)/b12-9-,28-23+. The number of nitriles is 1. The Morgan fingerprint density at radius 3 is 2.83 bits per heavy atom. The van der Waals surface area contributed by atoms with Gasteiger partial charge in [0, 0.05) is 17.3 Å². The van der Waals surface area contributed by atoms with Gasteiger partial charge in [-0.3, -0.25) is 9.78 Å². The highest BCUT2D eigenvalue weighted by atomic mass is 32.1. The molecular weight excluding hydrogens is 516 g/mol. The fraction of sp³-hybridized carbons (Fsp3) is 0.394. The maximum atomic E-state index is 12.9. The molecule has 1 aromatic carbocycles. The van der Waals surface area contributed by atoms with Gasteiger partial charge in [-0.1, -0.05) is 58.9 Å². The van der Waals surface area contributed by atoms with E-state index in [4.69, 9.17) is 9.72 Å². The zero-order valence-corrected chi connectivity index (χ0v) is 24.9. The van der Waals surface area contributed by atoms with E-state index in [2.05, 4.69) is 69.7 Å². The van der Waals surface area contributed by atoms with Gasteiger partial charge in [0.1, 0.15) is 5.01 Å². The number of hydrogen-bond acceptors (Lipinski definition) is 6. The largest absolute Gasteiger partial charge is 0.375 e. The van der Waals surface area contributed by atoms with Crippen LogP contribution in [-0.4, -0.2) is 22.5 Å². The molecule has 6 nitrogen and oxygen atoms in total. The zero-order valence-electron chi connectivity index (χ0n) is 24.1. The summed E-state index contributed by atoms with van der Waals surface area (Å²) in [7, 11) is 0. The molecule has 0 aliphatic carbocycles. The minimum Gasteiger partial charge on any atom is -0.375 e. The fourth-order valence-corrected chi connectivity index (χ4v) is 5.58. The van der Waals surface area contributed by atoms with Crippen molar-refractivity contribution in [2.75, 3.05) is 6.61 Å². The van der Waals surface area contributed by atoms with Gasteiger partial charge in [-0.05, 0) is 65.7 Å². The maximum absolute atomic E-state index is 12.9. The number of ether oxygens (including phenoxy) is 1. The molecule has 0 fully saturated rings. The number of rotatable bonds is 10. The van der Waals surface area contributed by atoms with Crippen molar-refractivity contribution in [1.29, 1.82) is 5.26 Å². The molecule has 3 atom stereocenters. The van der Waals surface area contributed by atoms with Gasteiger partial charge in [0.25, 0.3) is 5.91 Å². The summed E-state index contributed by atoms with van der Waals surface area (Å²) < 4.78 is 6.48. The van der Waals surface area contributed by atoms with Crippen molar-refractivity contribution in [2.24, 2.45) is 11.8 Å². The van der Waals surface area contributed by atoms with Crippen molar-refractivity contribution in [1.82, 2.24) is 15.3 Å². The summed E-state index contributed by atoms with van der Waals surface area (Å²) >= 11 is 1.63. The predicted octanol–water partition coefficient (Wildman–Crippen LogP) is 7.74. The normalized spacial score (nSPS) is 17.1. The Labute approximate surface area is 241 Å². The number of thiazole rings is 1. The average molecular weight is 555 g/mol. The number of benzene rings is 1. The molecule has 2 aromatic heterocycles. The lowest BCUT2D eigenvalue weighted by Gasteiger charge is -2.21. The molecule has 1 N–H and O–H groups in total. The monoisotopic (exact) mass is 554 g/mol. The van der Waals surface area contributed by atoms with Crippen LogP contribution in [0.5, 0.6) is 0 Å². The Balaban J connectivity index is 1.56. The average Bonchev–Trinajstić information content (AvgIpc) is 3.41. The van der Waals surface area contributed by atoms with Gasteiger partial charge in [-0.2, -0.15) is 5.26 Å². The van der Waals surface area contributed by atoms with E-state index in [0.717, 1.165) is 56.0 Å². The number of fused-ring (bicyclic) bond motifs is 2. The van der Waals surface area contributed by atoms with E-state index in [9.17, 15) is 10.1 Å². The number of nitrogens with one attached hydrogen (secondary N) is 1. The molecule has 0 spiro atoms. The van der Waals surface area contributed by atoms with Gasteiger partial charge >= 0.3 is 0 Å². The summed E-state index contributed by atoms with van der Waals surface area (Å²) in [5, 5.41) is 13.4. The first kappa shape index (κ1) is 29.4. The first-order valence-electron chi connectivity index (χ1n) is 14.0. The van der Waals surface area contributed by atoms with Crippen LogP contribution in [0.1, 0.15) is 85.6 Å². The third-order valence-corrected chi connectivity index (χ3v) is 8.84. The van der Waals surface area contributed by atoms with E-state index in [1.807, 2.05) is 18.3 Å². The van der Waals surface area contributed by atoms with Crippen LogP contribution in [0.4, 0.5) is 0 Å². The molecular formula is C33H38N4O2S. The minimum atomic E-state index is -0.357. The van der Waals surface area contributed by atoms with Crippen molar-refractivity contribution in [3.63, 3.8) is 0 Å². The highest BCUT2D eigenvalue weighted by molar-refractivity contribution is 7.19. The summed E-state index contributed by atoms with van der Waals surface area (Å²) in [4.78, 5) is 22.5. The number of amides is 1. The number of aromatic nitrogens is 2. The summed E-state index contributed by atoms with van der Waals surface area (Å²) in [6, 6.07) is 9.66. The highest BCUT2D eigenvalue weighted by Gasteiger charge is 2.22. The van der Waals surface area contributed by atoms with Crippen LogP contribution >= 0.6 is 11.3 Å². The molecule has 40 heavy (non-hydrogen) atoms. The second-order valence-corrected chi connectivity index (χ2v) is 11.6. The number of carbonyl (C=O) groups is 1. The van der Waals surface area contributed by atoms with Crippen LogP contribution in [0.25, 0.3) is 15.8 Å². The van der Waals surface area contributed by atoms with Gasteiger partial charge < -0.3 is 10.1 Å². The third-order valence-electron chi connectivity index (χ3n) is 7.80. The summed E-state index contributed by atoms with van der Waals surface area (Å²) in [5.41, 5.74) is 7.37. The van der Waals surface area contributed by atoms with Gasteiger partial charge in [0.2, 0.25) is 0 Å². The summed E-state index contributed by atoms with van der Waals surface area (Å²) in [6.45, 7) is 16.4. The van der Waals surface area contributed by atoms with E-state index in [0.29, 0.717) is 30.6 Å². The van der Waals surface area contributed by atoms with E-state index in [1.54, 1.807) is 23.5 Å². The van der Waals surface area contributed by atoms with Crippen molar-refractivity contribution in [2.45, 2.75) is 66.5 Å². The van der Waals surface area contributed by atoms with Gasteiger partial charge in [0.15, 0.2) is 0 Å². The first-order valence-corrected chi connectivity index (χ1v) is 14.8. The van der Waals surface area contributed by atoms with Crippen molar-refractivity contribution in [3.8, 4) is 6.07 Å². The van der Waals surface area contributed by atoms with Crippen LogP contribution in [0, 0.1) is 23.2 Å². The summed E-state index contributed by atoms with van der Waals surface area (Å²) in [6.07, 6.45) is 8.40. The van der Waals surface area contributed by atoms with Gasteiger partial charge in [-0.15, -0.1) is 11.3 Å². The Morgan fingerprint density at radius 1 is 1.30 bits per heavy atom. The molecule has 208 valence electrons. The number of allylic oxidation sites excluding steroid dienone is 5. The molecule has 3 unspecified atom stereocenters. The lowest BCUT2D eigenvalue weighted by atomic mass is 9.90. The van der Waals surface area contributed by atoms with Crippen LogP contribution in [0.15, 0.2) is 60.3 Å². The van der Waals surface area contributed by atoms with Crippen molar-refractivity contribution >= 4 is 33.0 Å². The first-order chi connectivity index (χ1) is 19.2. The number of nitrogens with zero attached hydrogens (tertiary/aromatic N) is 3. The Kier molecular flexibility index (Phi) is 9.67. The zero-order chi connectivity index (χ0) is 28.8. The molecule has 0 bridgehead atoms. The molecule has 3 aromatic rings. The van der Waals surface area contributed by atoms with Crippen LogP contribution in [0.3, 0.4) is 0 Å². The van der Waals surface area contributed by atoms with E-state index >= 15 is 0 Å². The SMILES string of the molecule is C=C(/C(C)=C(\C=C/C(C)CC)c1nc2cc(CNC(=O)c3ccc4c(c3)C(C#N)COC4)ncc2s1)C(C)CC. The minimum absolute atomic E-state index is 0.202. The molecule has 3 heterocycles. The predicted molar refractivity (Wildman–Crippen MR) is 163 cm³/mol. The van der Waals surface area contributed by atoms with Crippen molar-refractivity contribution < 1.29 is 9.53 Å². The number of carbonyl (C=O) groups excluding carboxylic acids is 1. The highest BCUT2D eigenvalue weighted by Crippen LogP contribution is 2.34. The Morgan fingerprint density at radius 2 is 2.10 bits per heavy atom. The quantitative estimate of drug-likeness (QED) is 0.259. The Hall–Kier alpha value is -3.60. The molecule has 4 rings (SSSR count). The second-order valence-electron chi connectivity index (χ2n) is 10.6. The van der Waals surface area contributed by atoms with Gasteiger partial charge in [0.05, 0.1) is 47.7 Å². The maximum Gasteiger partial charge on any atom is 0.251 e. The smallest absolute Gasteiger partial charge is 0.251 e.